The second-order valence-electron chi connectivity index (χ2n) is 4.84. The van der Waals surface area contributed by atoms with Gasteiger partial charge in [0.2, 0.25) is 0 Å². The molecule has 0 heterocycles. The smallest absolute Gasteiger partial charge is 0.298 e. The summed E-state index contributed by atoms with van der Waals surface area (Å²) in [5, 5.41) is 20.7. The van der Waals surface area contributed by atoms with Crippen molar-refractivity contribution in [2.45, 2.75) is 6.92 Å². The normalized spacial score (nSPS) is 10.9. The molecule has 0 aliphatic heterocycles. The summed E-state index contributed by atoms with van der Waals surface area (Å²) in [6.07, 6.45) is 0. The predicted molar refractivity (Wildman–Crippen MR) is 90.2 cm³/mol. The number of para-hydroxylation sites is 1. The van der Waals surface area contributed by atoms with Crippen LogP contribution in [-0.2, 0) is 0 Å². The van der Waals surface area contributed by atoms with Crippen LogP contribution in [0.1, 0.15) is 5.56 Å². The average molecular weight is 334 g/mol. The average Bonchev–Trinajstić information content (AvgIpc) is 2.52. The van der Waals surface area contributed by atoms with Gasteiger partial charge in [0, 0.05) is 11.1 Å². The third-order valence-electron chi connectivity index (χ3n) is 3.18. The van der Waals surface area contributed by atoms with Crippen molar-refractivity contribution in [3.8, 4) is 0 Å². The van der Waals surface area contributed by atoms with Gasteiger partial charge in [0.05, 0.1) is 23.7 Å². The van der Waals surface area contributed by atoms with Crippen LogP contribution in [0.5, 0.6) is 0 Å². The standard InChI is InChI=1S/C15H16ClN5O2/c1-11-4-2-3-5-14(11)20(17)9-8-18-19-13-7-6-12(16)10-15(13)21(22)23/h2-7,10H,8-9,17H2,1H3. The van der Waals surface area contributed by atoms with Crippen molar-refractivity contribution in [3.05, 3.63) is 63.2 Å². The fraction of sp³-hybridized carbons (Fsp3) is 0.200. The summed E-state index contributed by atoms with van der Waals surface area (Å²) < 4.78 is 0. The molecular weight excluding hydrogens is 318 g/mol. The van der Waals surface area contributed by atoms with Crippen LogP contribution in [0.25, 0.3) is 0 Å². The number of nitro benzene ring substituents is 1. The Morgan fingerprint density at radius 3 is 2.74 bits per heavy atom. The largest absolute Gasteiger partial charge is 0.309 e. The zero-order valence-electron chi connectivity index (χ0n) is 12.5. The summed E-state index contributed by atoms with van der Waals surface area (Å²) in [6.45, 7) is 2.72. The van der Waals surface area contributed by atoms with Gasteiger partial charge in [-0.15, -0.1) is 5.11 Å². The Bertz CT molecular complexity index is 736. The molecular formula is C15H16ClN5O2. The van der Waals surface area contributed by atoms with E-state index in [-0.39, 0.29) is 16.4 Å². The van der Waals surface area contributed by atoms with Crippen LogP contribution in [0.4, 0.5) is 17.1 Å². The van der Waals surface area contributed by atoms with E-state index in [1.54, 1.807) is 5.01 Å². The Kier molecular flexibility index (Phi) is 5.61. The number of nitro groups is 1. The van der Waals surface area contributed by atoms with Gasteiger partial charge < -0.3 is 5.01 Å². The van der Waals surface area contributed by atoms with Gasteiger partial charge in [-0.25, -0.2) is 5.84 Å². The van der Waals surface area contributed by atoms with Crippen molar-refractivity contribution in [2.75, 3.05) is 18.1 Å². The lowest BCUT2D eigenvalue weighted by molar-refractivity contribution is -0.384. The van der Waals surface area contributed by atoms with Gasteiger partial charge >= 0.3 is 0 Å². The van der Waals surface area contributed by atoms with Gasteiger partial charge in [-0.2, -0.15) is 5.11 Å². The molecule has 0 spiro atoms. The van der Waals surface area contributed by atoms with E-state index < -0.39 is 4.92 Å². The van der Waals surface area contributed by atoms with Crippen molar-refractivity contribution in [3.63, 3.8) is 0 Å². The quantitative estimate of drug-likeness (QED) is 0.373. The number of aryl methyl sites for hydroxylation is 1. The topological polar surface area (TPSA) is 97.1 Å². The van der Waals surface area contributed by atoms with E-state index in [0.717, 1.165) is 11.3 Å². The summed E-state index contributed by atoms with van der Waals surface area (Å²) in [7, 11) is 0. The summed E-state index contributed by atoms with van der Waals surface area (Å²) in [4.78, 5) is 10.4. The number of hydrazine groups is 1. The molecule has 0 bridgehead atoms. The van der Waals surface area contributed by atoms with Crippen molar-refractivity contribution >= 4 is 28.7 Å². The molecule has 0 aliphatic rings. The Hall–Kier alpha value is -2.51. The first kappa shape index (κ1) is 16.9. The van der Waals surface area contributed by atoms with Crippen LogP contribution in [0.3, 0.4) is 0 Å². The second-order valence-corrected chi connectivity index (χ2v) is 5.27. The number of benzene rings is 2. The fourth-order valence-corrected chi connectivity index (χ4v) is 2.18. The lowest BCUT2D eigenvalue weighted by atomic mass is 10.2. The Morgan fingerprint density at radius 2 is 2.04 bits per heavy atom. The molecule has 0 unspecified atom stereocenters. The Balaban J connectivity index is 2.00. The van der Waals surface area contributed by atoms with E-state index >= 15 is 0 Å². The summed E-state index contributed by atoms with van der Waals surface area (Å²) >= 11 is 5.75. The maximum Gasteiger partial charge on any atom is 0.298 e. The number of nitrogens with zero attached hydrogens (tertiary/aromatic N) is 4. The van der Waals surface area contributed by atoms with Crippen molar-refractivity contribution in [1.82, 2.24) is 0 Å². The van der Waals surface area contributed by atoms with Gasteiger partial charge in [0.25, 0.3) is 5.69 Å². The van der Waals surface area contributed by atoms with Crippen LogP contribution >= 0.6 is 11.6 Å². The molecule has 23 heavy (non-hydrogen) atoms. The molecule has 0 radical (unpaired) electrons. The number of hydrogen-bond acceptors (Lipinski definition) is 6. The second kappa shape index (κ2) is 7.66. The molecule has 120 valence electrons. The number of rotatable bonds is 6. The first-order chi connectivity index (χ1) is 11.0. The molecule has 7 nitrogen and oxygen atoms in total. The van der Waals surface area contributed by atoms with E-state index in [2.05, 4.69) is 10.2 Å². The predicted octanol–water partition coefficient (Wildman–Crippen LogP) is 4.02. The van der Waals surface area contributed by atoms with Crippen LogP contribution in [0, 0.1) is 17.0 Å². The highest BCUT2D eigenvalue weighted by Crippen LogP contribution is 2.30. The molecule has 0 atom stereocenters. The van der Waals surface area contributed by atoms with Crippen LogP contribution < -0.4 is 10.9 Å². The van der Waals surface area contributed by atoms with E-state index in [9.17, 15) is 10.1 Å². The molecule has 0 amide bonds. The first-order valence-electron chi connectivity index (χ1n) is 6.88. The van der Waals surface area contributed by atoms with E-state index in [0.29, 0.717) is 13.1 Å². The molecule has 0 aliphatic carbocycles. The van der Waals surface area contributed by atoms with Gasteiger partial charge in [-0.3, -0.25) is 10.1 Å². The number of hydrogen-bond donors (Lipinski definition) is 1. The molecule has 2 rings (SSSR count). The highest BCUT2D eigenvalue weighted by Gasteiger charge is 2.13. The molecule has 2 aromatic carbocycles. The van der Waals surface area contributed by atoms with Crippen molar-refractivity contribution < 1.29 is 4.92 Å². The Morgan fingerprint density at radius 1 is 1.30 bits per heavy atom. The summed E-state index contributed by atoms with van der Waals surface area (Å²) in [5.74, 6) is 5.98. The van der Waals surface area contributed by atoms with E-state index in [1.807, 2.05) is 31.2 Å². The van der Waals surface area contributed by atoms with Crippen molar-refractivity contribution in [1.29, 1.82) is 0 Å². The zero-order chi connectivity index (χ0) is 16.8. The van der Waals surface area contributed by atoms with Gasteiger partial charge in [0.1, 0.15) is 0 Å². The third kappa shape index (κ3) is 4.48. The molecule has 8 heteroatoms. The molecule has 0 aromatic heterocycles. The molecule has 2 N–H and O–H groups in total. The molecule has 0 fully saturated rings. The van der Waals surface area contributed by atoms with Crippen molar-refractivity contribution in [2.24, 2.45) is 16.1 Å². The molecule has 0 saturated heterocycles. The summed E-state index contributed by atoms with van der Waals surface area (Å²) in [5.41, 5.74) is 1.95. The van der Waals surface area contributed by atoms with Crippen LogP contribution in [0.2, 0.25) is 5.02 Å². The van der Waals surface area contributed by atoms with E-state index in [1.165, 1.54) is 18.2 Å². The van der Waals surface area contributed by atoms with E-state index in [4.69, 9.17) is 17.4 Å². The van der Waals surface area contributed by atoms with Gasteiger partial charge in [-0.1, -0.05) is 29.8 Å². The number of azo groups is 1. The number of nitrogens with two attached hydrogens (primary N) is 1. The Labute approximate surface area is 138 Å². The van der Waals surface area contributed by atoms with Gasteiger partial charge in [0.15, 0.2) is 5.69 Å². The lowest BCUT2D eigenvalue weighted by Crippen LogP contribution is -2.33. The maximum absolute atomic E-state index is 11.0. The fourth-order valence-electron chi connectivity index (χ4n) is 2.01. The monoisotopic (exact) mass is 333 g/mol. The van der Waals surface area contributed by atoms with Crippen LogP contribution in [-0.4, -0.2) is 18.0 Å². The SMILES string of the molecule is Cc1ccccc1N(N)CCN=Nc1ccc(Cl)cc1[N+](=O)[O-]. The van der Waals surface area contributed by atoms with Gasteiger partial charge in [-0.05, 0) is 30.7 Å². The maximum atomic E-state index is 11.0. The minimum Gasteiger partial charge on any atom is -0.309 e. The highest BCUT2D eigenvalue weighted by atomic mass is 35.5. The number of halogens is 1. The zero-order valence-corrected chi connectivity index (χ0v) is 13.3. The lowest BCUT2D eigenvalue weighted by Gasteiger charge is -2.19. The number of anilines is 1. The minimum absolute atomic E-state index is 0.166. The highest BCUT2D eigenvalue weighted by molar-refractivity contribution is 6.30. The first-order valence-corrected chi connectivity index (χ1v) is 7.26. The minimum atomic E-state index is -0.539. The molecule has 2 aromatic rings. The summed E-state index contributed by atoms with van der Waals surface area (Å²) in [6, 6.07) is 12.0. The van der Waals surface area contributed by atoms with Crippen LogP contribution in [0.15, 0.2) is 52.7 Å². The third-order valence-corrected chi connectivity index (χ3v) is 3.41. The molecule has 0 saturated carbocycles.